The first-order chi connectivity index (χ1) is 11.0. The number of aryl methyl sites for hydroxylation is 1. The molecule has 0 aliphatic heterocycles. The van der Waals surface area contributed by atoms with E-state index >= 15 is 0 Å². The van der Waals surface area contributed by atoms with E-state index in [0.29, 0.717) is 23.5 Å². The maximum atomic E-state index is 12.6. The minimum atomic E-state index is -0.227. The lowest BCUT2D eigenvalue weighted by molar-refractivity contribution is 0.0971. The van der Waals surface area contributed by atoms with Crippen molar-refractivity contribution < 1.29 is 9.59 Å². The Morgan fingerprint density at radius 1 is 1.48 bits per heavy atom. The van der Waals surface area contributed by atoms with Gasteiger partial charge in [-0.2, -0.15) is 5.10 Å². The van der Waals surface area contributed by atoms with Crippen molar-refractivity contribution in [1.82, 2.24) is 14.8 Å². The summed E-state index contributed by atoms with van der Waals surface area (Å²) in [5.74, 6) is 0.570. The Kier molecular flexibility index (Phi) is 4.07. The summed E-state index contributed by atoms with van der Waals surface area (Å²) >= 11 is 0. The third-order valence-corrected chi connectivity index (χ3v) is 4.58. The Balaban J connectivity index is 1.88. The number of fused-ring (bicyclic) bond motifs is 1. The maximum absolute atomic E-state index is 12.6. The lowest BCUT2D eigenvalue weighted by Gasteiger charge is -2.14. The van der Waals surface area contributed by atoms with Crippen molar-refractivity contribution >= 4 is 17.5 Å². The minimum absolute atomic E-state index is 0.128. The number of hydrogen-bond acceptors (Lipinski definition) is 3. The highest BCUT2D eigenvalue weighted by Gasteiger charge is 2.26. The molecule has 6 nitrogen and oxygen atoms in total. The summed E-state index contributed by atoms with van der Waals surface area (Å²) in [5.41, 5.74) is 2.81. The fraction of sp³-hybridized carbons (Fsp3) is 0.471. The molecule has 2 aromatic rings. The number of aromatic nitrogens is 3. The quantitative estimate of drug-likeness (QED) is 0.909. The zero-order valence-electron chi connectivity index (χ0n) is 13.8. The molecule has 0 bridgehead atoms. The highest BCUT2D eigenvalue weighted by Crippen LogP contribution is 2.27. The number of rotatable bonds is 4. The molecule has 122 valence electrons. The maximum Gasteiger partial charge on any atom is 0.273 e. The van der Waals surface area contributed by atoms with Gasteiger partial charge in [0.2, 0.25) is 0 Å². The summed E-state index contributed by atoms with van der Waals surface area (Å²) in [7, 11) is 0. The van der Waals surface area contributed by atoms with Gasteiger partial charge >= 0.3 is 0 Å². The molecule has 0 radical (unpaired) electrons. The molecule has 2 N–H and O–H groups in total. The van der Waals surface area contributed by atoms with Gasteiger partial charge in [0.25, 0.3) is 5.91 Å². The van der Waals surface area contributed by atoms with Crippen LogP contribution in [-0.4, -0.2) is 26.5 Å². The van der Waals surface area contributed by atoms with Gasteiger partial charge in [0.15, 0.2) is 5.78 Å². The van der Waals surface area contributed by atoms with Gasteiger partial charge in [-0.3, -0.25) is 9.59 Å². The molecule has 2 aromatic heterocycles. The second kappa shape index (κ2) is 6.02. The average Bonchev–Trinajstić information content (AvgIpc) is 3.12. The summed E-state index contributed by atoms with van der Waals surface area (Å²) in [5, 5.41) is 7.18. The van der Waals surface area contributed by atoms with Crippen LogP contribution in [0.3, 0.4) is 0 Å². The van der Waals surface area contributed by atoms with Crippen LogP contribution in [-0.2, 0) is 6.42 Å². The SMILES string of the molecule is CCC(C)n1nccc1NC(=O)c1[nH]c2c(c1C)C(=O)CCC2. The van der Waals surface area contributed by atoms with Crippen LogP contribution in [0, 0.1) is 6.92 Å². The predicted octanol–water partition coefficient (Wildman–Crippen LogP) is 3.26. The Hall–Kier alpha value is -2.37. The van der Waals surface area contributed by atoms with Crippen LogP contribution in [0.25, 0.3) is 0 Å². The van der Waals surface area contributed by atoms with Crippen molar-refractivity contribution in [3.8, 4) is 0 Å². The van der Waals surface area contributed by atoms with E-state index in [9.17, 15) is 9.59 Å². The molecule has 1 unspecified atom stereocenters. The number of nitrogens with zero attached hydrogens (tertiary/aromatic N) is 2. The molecular weight excluding hydrogens is 292 g/mol. The summed E-state index contributed by atoms with van der Waals surface area (Å²) in [6, 6.07) is 1.99. The zero-order valence-corrected chi connectivity index (χ0v) is 13.8. The number of hydrogen-bond donors (Lipinski definition) is 2. The zero-order chi connectivity index (χ0) is 16.6. The standard InChI is InChI=1S/C17H22N4O2/c1-4-10(2)21-14(8-9-18-21)20-17(23)16-11(3)15-12(19-16)6-5-7-13(15)22/h8-10,19H,4-7H2,1-3H3,(H,20,23). The molecule has 2 heterocycles. The number of carbonyl (C=O) groups excluding carboxylic acids is 2. The Bertz CT molecular complexity index is 757. The van der Waals surface area contributed by atoms with E-state index in [2.05, 4.69) is 29.2 Å². The number of carbonyl (C=O) groups is 2. The van der Waals surface area contributed by atoms with Crippen molar-refractivity contribution in [2.45, 2.75) is 52.5 Å². The van der Waals surface area contributed by atoms with Gasteiger partial charge in [0.05, 0.1) is 12.2 Å². The smallest absolute Gasteiger partial charge is 0.273 e. The minimum Gasteiger partial charge on any atom is -0.354 e. The van der Waals surface area contributed by atoms with Crippen LogP contribution in [0.2, 0.25) is 0 Å². The molecule has 23 heavy (non-hydrogen) atoms. The van der Waals surface area contributed by atoms with Crippen molar-refractivity contribution in [3.63, 3.8) is 0 Å². The normalized spacial score (nSPS) is 15.3. The predicted molar refractivity (Wildman–Crippen MR) is 88.0 cm³/mol. The number of aromatic amines is 1. The average molecular weight is 314 g/mol. The topological polar surface area (TPSA) is 79.8 Å². The van der Waals surface area contributed by atoms with Gasteiger partial charge < -0.3 is 10.3 Å². The highest BCUT2D eigenvalue weighted by atomic mass is 16.2. The van der Waals surface area contributed by atoms with Crippen LogP contribution in [0.1, 0.15) is 71.3 Å². The lowest BCUT2D eigenvalue weighted by atomic mass is 9.94. The Morgan fingerprint density at radius 2 is 2.26 bits per heavy atom. The summed E-state index contributed by atoms with van der Waals surface area (Å²) in [6.07, 6.45) is 4.83. The van der Waals surface area contributed by atoms with Crippen LogP contribution >= 0.6 is 0 Å². The van der Waals surface area contributed by atoms with E-state index in [1.54, 1.807) is 16.9 Å². The van der Waals surface area contributed by atoms with Gasteiger partial charge in [0.1, 0.15) is 11.5 Å². The molecule has 6 heteroatoms. The van der Waals surface area contributed by atoms with Crippen molar-refractivity contribution in [2.75, 3.05) is 5.32 Å². The lowest BCUT2D eigenvalue weighted by Crippen LogP contribution is -2.18. The third kappa shape index (κ3) is 2.69. The van der Waals surface area contributed by atoms with E-state index < -0.39 is 0 Å². The van der Waals surface area contributed by atoms with Gasteiger partial charge in [-0.1, -0.05) is 6.92 Å². The monoisotopic (exact) mass is 314 g/mol. The summed E-state index contributed by atoms with van der Waals surface area (Å²) < 4.78 is 1.81. The Morgan fingerprint density at radius 3 is 2.96 bits per heavy atom. The summed E-state index contributed by atoms with van der Waals surface area (Å²) in [6.45, 7) is 5.96. The van der Waals surface area contributed by atoms with Crippen LogP contribution in [0.4, 0.5) is 5.82 Å². The molecule has 0 saturated heterocycles. The Labute approximate surface area is 135 Å². The molecular formula is C17H22N4O2. The van der Waals surface area contributed by atoms with Crippen molar-refractivity contribution in [2.24, 2.45) is 0 Å². The fourth-order valence-electron chi connectivity index (χ4n) is 3.12. The summed E-state index contributed by atoms with van der Waals surface area (Å²) in [4.78, 5) is 27.8. The van der Waals surface area contributed by atoms with Gasteiger partial charge in [-0.25, -0.2) is 4.68 Å². The number of nitrogens with one attached hydrogen (secondary N) is 2. The number of Topliss-reactive ketones (excluding diaryl/α,β-unsaturated/α-hetero) is 1. The number of H-pyrrole nitrogens is 1. The van der Waals surface area contributed by atoms with Crippen LogP contribution in [0.5, 0.6) is 0 Å². The molecule has 1 aliphatic carbocycles. The molecule has 0 saturated carbocycles. The second-order valence-corrected chi connectivity index (χ2v) is 6.13. The molecule has 0 fully saturated rings. The van der Waals surface area contributed by atoms with Crippen molar-refractivity contribution in [1.29, 1.82) is 0 Å². The van der Waals surface area contributed by atoms with E-state index in [-0.39, 0.29) is 17.7 Å². The van der Waals surface area contributed by atoms with Gasteiger partial charge in [0, 0.05) is 23.7 Å². The number of anilines is 1. The van der Waals surface area contributed by atoms with E-state index in [1.165, 1.54) is 0 Å². The van der Waals surface area contributed by atoms with Gasteiger partial charge in [-0.05, 0) is 38.7 Å². The first-order valence-electron chi connectivity index (χ1n) is 8.12. The largest absolute Gasteiger partial charge is 0.354 e. The molecule has 0 spiro atoms. The second-order valence-electron chi connectivity index (χ2n) is 6.13. The van der Waals surface area contributed by atoms with E-state index in [4.69, 9.17) is 0 Å². The van der Waals surface area contributed by atoms with E-state index in [1.807, 2.05) is 6.92 Å². The highest BCUT2D eigenvalue weighted by molar-refractivity contribution is 6.08. The number of ketones is 1. The molecule has 3 rings (SSSR count). The molecule has 1 atom stereocenters. The molecule has 1 aliphatic rings. The van der Waals surface area contributed by atoms with Gasteiger partial charge in [-0.15, -0.1) is 0 Å². The van der Waals surface area contributed by atoms with Crippen molar-refractivity contribution in [3.05, 3.63) is 34.8 Å². The van der Waals surface area contributed by atoms with E-state index in [0.717, 1.165) is 30.5 Å². The molecule has 0 aromatic carbocycles. The molecule has 1 amide bonds. The first kappa shape index (κ1) is 15.5. The third-order valence-electron chi connectivity index (χ3n) is 4.58. The first-order valence-corrected chi connectivity index (χ1v) is 8.12. The van der Waals surface area contributed by atoms with Crippen LogP contribution < -0.4 is 5.32 Å². The van der Waals surface area contributed by atoms with Crippen LogP contribution in [0.15, 0.2) is 12.3 Å². The number of amides is 1. The fourth-order valence-corrected chi connectivity index (χ4v) is 3.12.